The Kier molecular flexibility index (Phi) is 5.91. The molecule has 1 aliphatic rings. The van der Waals surface area contributed by atoms with Gasteiger partial charge in [0, 0.05) is 23.7 Å². The molecule has 1 heterocycles. The number of hydrogen-bond acceptors (Lipinski definition) is 3. The zero-order valence-corrected chi connectivity index (χ0v) is 16.9. The van der Waals surface area contributed by atoms with Gasteiger partial charge in [0.2, 0.25) is 10.0 Å². The molecule has 0 aromatic heterocycles. The van der Waals surface area contributed by atoms with Gasteiger partial charge in [-0.3, -0.25) is 4.79 Å². The van der Waals surface area contributed by atoms with Crippen molar-refractivity contribution in [2.24, 2.45) is 0 Å². The minimum absolute atomic E-state index is 0.146. The summed E-state index contributed by atoms with van der Waals surface area (Å²) in [5.74, 6) is -0.299. The average molecular weight is 425 g/mol. The molecule has 1 aliphatic heterocycles. The maximum Gasteiger partial charge on any atom is 0.251 e. The van der Waals surface area contributed by atoms with E-state index in [-0.39, 0.29) is 23.9 Å². The van der Waals surface area contributed by atoms with Gasteiger partial charge in [-0.2, -0.15) is 4.31 Å². The lowest BCUT2D eigenvalue weighted by Crippen LogP contribution is -2.36. The van der Waals surface area contributed by atoms with Gasteiger partial charge in [0.25, 0.3) is 5.91 Å². The number of anilines is 1. The largest absolute Gasteiger partial charge is 0.321 e. The van der Waals surface area contributed by atoms with Crippen LogP contribution in [0, 0.1) is 6.92 Å². The van der Waals surface area contributed by atoms with E-state index in [2.05, 4.69) is 5.32 Å². The molecule has 27 heavy (non-hydrogen) atoms. The highest BCUT2D eigenvalue weighted by Crippen LogP contribution is 2.27. The van der Waals surface area contributed by atoms with Crippen LogP contribution in [0.2, 0.25) is 10.0 Å². The predicted octanol–water partition coefficient (Wildman–Crippen LogP) is 4.26. The number of nitrogens with one attached hydrogen (secondary N) is 1. The smallest absolute Gasteiger partial charge is 0.251 e. The van der Waals surface area contributed by atoms with Crippen LogP contribution in [0.4, 0.5) is 5.69 Å². The highest BCUT2D eigenvalue weighted by molar-refractivity contribution is 7.89. The Morgan fingerprint density at radius 2 is 1.81 bits per heavy atom. The molecule has 0 atom stereocenters. The number of carbonyl (C=O) groups excluding carboxylic acids is 1. The van der Waals surface area contributed by atoms with Gasteiger partial charge >= 0.3 is 0 Å². The van der Waals surface area contributed by atoms with Gasteiger partial charge in [-0.05, 0) is 43.7 Å². The molecule has 1 N–H and O–H groups in total. The van der Waals surface area contributed by atoms with Crippen molar-refractivity contribution in [1.29, 1.82) is 0 Å². The summed E-state index contributed by atoms with van der Waals surface area (Å²) in [7, 11) is -3.58. The van der Waals surface area contributed by atoms with Crippen LogP contribution in [0.15, 0.2) is 59.0 Å². The maximum atomic E-state index is 12.7. The van der Waals surface area contributed by atoms with Gasteiger partial charge in [-0.15, -0.1) is 0 Å². The molecule has 0 spiro atoms. The van der Waals surface area contributed by atoms with E-state index in [1.807, 2.05) is 6.92 Å². The van der Waals surface area contributed by atoms with E-state index in [1.165, 1.54) is 4.31 Å². The van der Waals surface area contributed by atoms with Crippen LogP contribution in [0.5, 0.6) is 0 Å². The summed E-state index contributed by atoms with van der Waals surface area (Å²) >= 11 is 11.9. The Labute approximate surface area is 168 Å². The van der Waals surface area contributed by atoms with Crippen LogP contribution >= 0.6 is 23.2 Å². The van der Waals surface area contributed by atoms with Crippen LogP contribution in [-0.2, 0) is 14.8 Å². The highest BCUT2D eigenvalue weighted by atomic mass is 35.5. The van der Waals surface area contributed by atoms with Gasteiger partial charge in [0.1, 0.15) is 0 Å². The molecule has 2 aromatic carbocycles. The summed E-state index contributed by atoms with van der Waals surface area (Å²) in [6.45, 7) is 2.29. The van der Waals surface area contributed by atoms with Crippen molar-refractivity contribution in [3.8, 4) is 0 Å². The fourth-order valence-electron chi connectivity index (χ4n) is 2.73. The van der Waals surface area contributed by atoms with E-state index in [1.54, 1.807) is 48.5 Å². The van der Waals surface area contributed by atoms with E-state index in [9.17, 15) is 13.2 Å². The van der Waals surface area contributed by atoms with Crippen LogP contribution in [0.25, 0.3) is 0 Å². The van der Waals surface area contributed by atoms with Gasteiger partial charge < -0.3 is 5.32 Å². The van der Waals surface area contributed by atoms with Gasteiger partial charge in [0.05, 0.1) is 15.6 Å². The molecule has 1 amide bonds. The first-order valence-corrected chi connectivity index (χ1v) is 10.5. The molecule has 0 radical (unpaired) electrons. The Morgan fingerprint density at radius 1 is 1.11 bits per heavy atom. The Balaban J connectivity index is 1.70. The van der Waals surface area contributed by atoms with Crippen molar-refractivity contribution < 1.29 is 13.2 Å². The second-order valence-corrected chi connectivity index (χ2v) is 9.02. The number of nitrogens with zero attached hydrogens (tertiary/aromatic N) is 1. The molecule has 2 aromatic rings. The number of sulfonamides is 1. The lowest BCUT2D eigenvalue weighted by Gasteiger charge is -2.25. The third-order valence-corrected chi connectivity index (χ3v) is 6.73. The molecule has 0 bridgehead atoms. The zero-order chi connectivity index (χ0) is 19.6. The fraction of sp³-hybridized carbons (Fsp3) is 0.211. The third kappa shape index (κ3) is 4.52. The monoisotopic (exact) mass is 424 g/mol. The summed E-state index contributed by atoms with van der Waals surface area (Å²) in [6, 6.07) is 11.5. The van der Waals surface area contributed by atoms with Crippen LogP contribution in [0.3, 0.4) is 0 Å². The SMILES string of the molecule is Cc1ccc(S(=O)(=O)N2CC=C(C(=O)Nc3ccc(Cl)cc3Cl)CC2)cc1. The standard InChI is InChI=1S/C19H18Cl2N2O3S/c1-13-2-5-16(6-3-13)27(25,26)23-10-8-14(9-11-23)19(24)22-18-7-4-15(20)12-17(18)21/h2-8,12H,9-11H2,1H3,(H,22,24). The number of carbonyl (C=O) groups is 1. The number of benzene rings is 2. The second-order valence-electron chi connectivity index (χ2n) is 6.23. The highest BCUT2D eigenvalue weighted by Gasteiger charge is 2.27. The van der Waals surface area contributed by atoms with Crippen molar-refractivity contribution in [1.82, 2.24) is 4.31 Å². The molecule has 3 rings (SSSR count). The molecule has 8 heteroatoms. The van der Waals surface area contributed by atoms with E-state index in [4.69, 9.17) is 23.2 Å². The summed E-state index contributed by atoms with van der Waals surface area (Å²) in [5, 5.41) is 3.55. The summed E-state index contributed by atoms with van der Waals surface area (Å²) in [5.41, 5.74) is 1.98. The number of rotatable bonds is 4. The molecular formula is C19H18Cl2N2O3S. The fourth-order valence-corrected chi connectivity index (χ4v) is 4.56. The molecule has 0 fully saturated rings. The van der Waals surface area contributed by atoms with Crippen molar-refractivity contribution in [3.63, 3.8) is 0 Å². The molecule has 142 valence electrons. The quantitative estimate of drug-likeness (QED) is 0.796. The predicted molar refractivity (Wildman–Crippen MR) is 108 cm³/mol. The van der Waals surface area contributed by atoms with E-state index < -0.39 is 10.0 Å². The van der Waals surface area contributed by atoms with Crippen molar-refractivity contribution >= 4 is 44.8 Å². The zero-order valence-electron chi connectivity index (χ0n) is 14.6. The van der Waals surface area contributed by atoms with Gasteiger partial charge in [0.15, 0.2) is 0 Å². The van der Waals surface area contributed by atoms with Gasteiger partial charge in [-0.25, -0.2) is 8.42 Å². The molecular weight excluding hydrogens is 407 g/mol. The number of hydrogen-bond donors (Lipinski definition) is 1. The van der Waals surface area contributed by atoms with Gasteiger partial charge in [-0.1, -0.05) is 47.0 Å². The molecule has 5 nitrogen and oxygen atoms in total. The summed E-state index contributed by atoms with van der Waals surface area (Å²) in [4.78, 5) is 12.7. The van der Waals surface area contributed by atoms with E-state index in [0.717, 1.165) is 5.56 Å². The first-order chi connectivity index (χ1) is 12.8. The van der Waals surface area contributed by atoms with Crippen LogP contribution in [0.1, 0.15) is 12.0 Å². The van der Waals surface area contributed by atoms with Crippen molar-refractivity contribution in [2.75, 3.05) is 18.4 Å². The molecule has 0 unspecified atom stereocenters. The lowest BCUT2D eigenvalue weighted by molar-refractivity contribution is -0.113. The van der Waals surface area contributed by atoms with Crippen molar-refractivity contribution in [3.05, 3.63) is 69.7 Å². The lowest BCUT2D eigenvalue weighted by atomic mass is 10.1. The van der Waals surface area contributed by atoms with Crippen molar-refractivity contribution in [2.45, 2.75) is 18.2 Å². The third-order valence-electron chi connectivity index (χ3n) is 4.30. The Morgan fingerprint density at radius 3 is 2.41 bits per heavy atom. The second kappa shape index (κ2) is 8.02. The Hall–Kier alpha value is -1.86. The van der Waals surface area contributed by atoms with E-state index >= 15 is 0 Å². The average Bonchev–Trinajstić information content (AvgIpc) is 2.64. The summed E-state index contributed by atoms with van der Waals surface area (Å²) < 4.78 is 26.8. The first kappa shape index (κ1) is 19.9. The molecule has 0 saturated heterocycles. The minimum atomic E-state index is -3.58. The topological polar surface area (TPSA) is 66.5 Å². The Bertz CT molecular complexity index is 1000. The molecule has 0 aliphatic carbocycles. The van der Waals surface area contributed by atoms with Crippen LogP contribution in [-0.4, -0.2) is 31.7 Å². The first-order valence-electron chi connectivity index (χ1n) is 8.29. The van der Waals surface area contributed by atoms with E-state index in [0.29, 0.717) is 27.7 Å². The normalized spacial score (nSPS) is 15.3. The number of amides is 1. The molecule has 0 saturated carbocycles. The van der Waals surface area contributed by atoms with Crippen LogP contribution < -0.4 is 5.32 Å². The maximum absolute atomic E-state index is 12.7. The minimum Gasteiger partial charge on any atom is -0.321 e. The number of halogens is 2. The summed E-state index contributed by atoms with van der Waals surface area (Å²) in [6.07, 6.45) is 1.95. The number of aryl methyl sites for hydroxylation is 1.